The number of amides is 1. The van der Waals surface area contributed by atoms with Crippen LogP contribution in [0.3, 0.4) is 0 Å². The summed E-state index contributed by atoms with van der Waals surface area (Å²) in [7, 11) is 0. The van der Waals surface area contributed by atoms with Crippen LogP contribution in [0.15, 0.2) is 24.4 Å². The zero-order chi connectivity index (χ0) is 14.2. The highest BCUT2D eigenvalue weighted by Crippen LogP contribution is 2.28. The van der Waals surface area contributed by atoms with Crippen LogP contribution in [0.1, 0.15) is 31.1 Å². The minimum atomic E-state index is -0.573. The fourth-order valence-corrected chi connectivity index (χ4v) is 1.59. The lowest BCUT2D eigenvalue weighted by Crippen LogP contribution is -2.25. The molecule has 2 rings (SSSR count). The van der Waals surface area contributed by atoms with E-state index in [4.69, 9.17) is 10.5 Å². The van der Waals surface area contributed by atoms with Crippen LogP contribution in [0.4, 0.5) is 0 Å². The van der Waals surface area contributed by atoms with E-state index in [1.54, 1.807) is 45.2 Å². The Morgan fingerprint density at radius 3 is 2.53 bits per heavy atom. The van der Waals surface area contributed by atoms with Crippen LogP contribution >= 0.6 is 0 Å². The van der Waals surface area contributed by atoms with Crippen LogP contribution in [0.2, 0.25) is 0 Å². The molecular weight excluding hydrogens is 244 g/mol. The van der Waals surface area contributed by atoms with Crippen LogP contribution < -0.4 is 10.5 Å². The van der Waals surface area contributed by atoms with Crippen molar-refractivity contribution in [2.45, 2.75) is 20.8 Å². The Bertz CT molecular complexity index is 650. The second-order valence-corrected chi connectivity index (χ2v) is 5.42. The lowest BCUT2D eigenvalue weighted by Gasteiger charge is -2.15. The van der Waals surface area contributed by atoms with Gasteiger partial charge in [0.2, 0.25) is 5.91 Å². The number of primary amides is 1. The zero-order valence-corrected chi connectivity index (χ0v) is 11.1. The summed E-state index contributed by atoms with van der Waals surface area (Å²) in [6.07, 6.45) is 1.60. The standard InChI is InChI=1S/C14H16N2O3/c1-14(2,3)13(18)19-11-7-16-10-6-8(12(15)17)4-5-9(10)11/h4-7,16H,1-3H3,(H2,15,17). The van der Waals surface area contributed by atoms with Crippen molar-refractivity contribution in [2.24, 2.45) is 11.1 Å². The van der Waals surface area contributed by atoms with Gasteiger partial charge in [0.1, 0.15) is 0 Å². The summed E-state index contributed by atoms with van der Waals surface area (Å²) >= 11 is 0. The summed E-state index contributed by atoms with van der Waals surface area (Å²) in [4.78, 5) is 25.9. The van der Waals surface area contributed by atoms with Crippen LogP contribution in [0, 0.1) is 5.41 Å². The normalized spacial score (nSPS) is 11.5. The van der Waals surface area contributed by atoms with Gasteiger partial charge in [-0.05, 0) is 39.0 Å². The van der Waals surface area contributed by atoms with E-state index in [1.165, 1.54) is 0 Å². The van der Waals surface area contributed by atoms with E-state index in [0.29, 0.717) is 16.8 Å². The van der Waals surface area contributed by atoms with E-state index >= 15 is 0 Å². The Hall–Kier alpha value is -2.30. The number of rotatable bonds is 2. The average Bonchev–Trinajstić information content (AvgIpc) is 2.70. The summed E-state index contributed by atoms with van der Waals surface area (Å²) in [5.74, 6) is -0.358. The molecule has 19 heavy (non-hydrogen) atoms. The molecule has 0 bridgehead atoms. The molecule has 3 N–H and O–H groups in total. The van der Waals surface area contributed by atoms with E-state index in [-0.39, 0.29) is 5.97 Å². The van der Waals surface area contributed by atoms with Crippen LogP contribution in [-0.4, -0.2) is 16.9 Å². The number of carbonyl (C=O) groups is 2. The van der Waals surface area contributed by atoms with Gasteiger partial charge in [-0.25, -0.2) is 0 Å². The molecule has 0 unspecified atom stereocenters. The van der Waals surface area contributed by atoms with Crippen LogP contribution in [0.25, 0.3) is 10.9 Å². The Morgan fingerprint density at radius 1 is 1.26 bits per heavy atom. The molecule has 0 saturated heterocycles. The van der Waals surface area contributed by atoms with E-state index in [0.717, 1.165) is 5.39 Å². The number of aromatic amines is 1. The second-order valence-electron chi connectivity index (χ2n) is 5.42. The first kappa shape index (κ1) is 13.1. The number of aromatic nitrogens is 1. The molecular formula is C14H16N2O3. The van der Waals surface area contributed by atoms with Crippen molar-refractivity contribution in [3.05, 3.63) is 30.0 Å². The quantitative estimate of drug-likeness (QED) is 0.812. The minimum absolute atomic E-state index is 0.313. The number of esters is 1. The number of fused-ring (bicyclic) bond motifs is 1. The molecule has 1 amide bonds. The van der Waals surface area contributed by atoms with Crippen molar-refractivity contribution in [3.8, 4) is 5.75 Å². The molecule has 0 spiro atoms. The van der Waals surface area contributed by atoms with Crippen LogP contribution in [0.5, 0.6) is 5.75 Å². The van der Waals surface area contributed by atoms with Gasteiger partial charge in [-0.3, -0.25) is 9.59 Å². The van der Waals surface area contributed by atoms with E-state index in [2.05, 4.69) is 4.98 Å². The number of ether oxygens (including phenoxy) is 1. The molecule has 0 atom stereocenters. The fourth-order valence-electron chi connectivity index (χ4n) is 1.59. The van der Waals surface area contributed by atoms with Crippen molar-refractivity contribution in [1.82, 2.24) is 4.98 Å². The largest absolute Gasteiger partial charge is 0.424 e. The summed E-state index contributed by atoms with van der Waals surface area (Å²) in [5.41, 5.74) is 5.75. The van der Waals surface area contributed by atoms with Gasteiger partial charge in [-0.1, -0.05) is 0 Å². The Kier molecular flexibility index (Phi) is 3.06. The molecule has 0 fully saturated rings. The topological polar surface area (TPSA) is 85.2 Å². The molecule has 0 aliphatic carbocycles. The number of benzene rings is 1. The average molecular weight is 260 g/mol. The first-order valence-electron chi connectivity index (χ1n) is 5.92. The third kappa shape index (κ3) is 2.59. The second kappa shape index (κ2) is 4.42. The first-order chi connectivity index (χ1) is 8.79. The van der Waals surface area contributed by atoms with Gasteiger partial charge in [0.25, 0.3) is 0 Å². The maximum atomic E-state index is 11.8. The van der Waals surface area contributed by atoms with Gasteiger partial charge in [0, 0.05) is 17.1 Å². The lowest BCUT2D eigenvalue weighted by atomic mass is 9.97. The van der Waals surface area contributed by atoms with Gasteiger partial charge in [0.05, 0.1) is 10.9 Å². The Morgan fingerprint density at radius 2 is 1.95 bits per heavy atom. The number of carbonyl (C=O) groups excluding carboxylic acids is 2. The third-order valence-electron chi connectivity index (χ3n) is 2.74. The van der Waals surface area contributed by atoms with E-state index < -0.39 is 11.3 Å². The van der Waals surface area contributed by atoms with E-state index in [9.17, 15) is 9.59 Å². The summed E-state index contributed by atoms with van der Waals surface area (Å²) in [5, 5.41) is 0.739. The summed E-state index contributed by atoms with van der Waals surface area (Å²) < 4.78 is 5.35. The SMILES string of the molecule is CC(C)(C)C(=O)Oc1c[nH]c2cc(C(N)=O)ccc12. The van der Waals surface area contributed by atoms with Gasteiger partial charge in [-0.15, -0.1) is 0 Å². The highest BCUT2D eigenvalue weighted by atomic mass is 16.5. The zero-order valence-electron chi connectivity index (χ0n) is 11.1. The Balaban J connectivity index is 2.36. The summed E-state index contributed by atoms with van der Waals surface area (Å²) in [6, 6.07) is 4.94. The molecule has 100 valence electrons. The predicted octanol–water partition coefficient (Wildman–Crippen LogP) is 2.22. The maximum absolute atomic E-state index is 11.8. The summed E-state index contributed by atoms with van der Waals surface area (Å²) in [6.45, 7) is 5.36. The molecule has 0 radical (unpaired) electrons. The molecule has 0 saturated carbocycles. The van der Waals surface area contributed by atoms with Crippen LogP contribution in [-0.2, 0) is 4.79 Å². The van der Waals surface area contributed by atoms with Gasteiger partial charge >= 0.3 is 5.97 Å². The van der Waals surface area contributed by atoms with Crippen molar-refractivity contribution in [3.63, 3.8) is 0 Å². The number of hydrogen-bond acceptors (Lipinski definition) is 3. The van der Waals surface area contributed by atoms with Crippen molar-refractivity contribution >= 4 is 22.8 Å². The number of nitrogens with two attached hydrogens (primary N) is 1. The highest BCUT2D eigenvalue weighted by molar-refractivity contribution is 5.98. The molecule has 5 heteroatoms. The highest BCUT2D eigenvalue weighted by Gasteiger charge is 2.24. The van der Waals surface area contributed by atoms with E-state index in [1.807, 2.05) is 0 Å². The predicted molar refractivity (Wildman–Crippen MR) is 71.9 cm³/mol. The fraction of sp³-hybridized carbons (Fsp3) is 0.286. The van der Waals surface area contributed by atoms with Crippen molar-refractivity contribution in [2.75, 3.05) is 0 Å². The molecule has 0 aliphatic rings. The molecule has 5 nitrogen and oxygen atoms in total. The molecule has 0 aliphatic heterocycles. The molecule has 1 heterocycles. The number of hydrogen-bond donors (Lipinski definition) is 2. The first-order valence-corrected chi connectivity index (χ1v) is 5.92. The maximum Gasteiger partial charge on any atom is 0.316 e. The monoisotopic (exact) mass is 260 g/mol. The Labute approximate surface area is 110 Å². The third-order valence-corrected chi connectivity index (χ3v) is 2.74. The smallest absolute Gasteiger partial charge is 0.316 e. The van der Waals surface area contributed by atoms with Gasteiger partial charge in [-0.2, -0.15) is 0 Å². The number of H-pyrrole nitrogens is 1. The number of nitrogens with one attached hydrogen (secondary N) is 1. The van der Waals surface area contributed by atoms with Gasteiger partial charge in [0.15, 0.2) is 5.75 Å². The molecule has 2 aromatic rings. The van der Waals surface area contributed by atoms with Crippen molar-refractivity contribution < 1.29 is 14.3 Å². The lowest BCUT2D eigenvalue weighted by molar-refractivity contribution is -0.142. The van der Waals surface area contributed by atoms with Crippen molar-refractivity contribution in [1.29, 1.82) is 0 Å². The van der Waals surface area contributed by atoms with Gasteiger partial charge < -0.3 is 15.5 Å². The molecule has 1 aromatic carbocycles. The molecule has 1 aromatic heterocycles. The minimum Gasteiger partial charge on any atom is -0.424 e.